The molecule has 0 aromatic heterocycles. The first-order chi connectivity index (χ1) is 14.6. The van der Waals surface area contributed by atoms with Crippen molar-refractivity contribution in [3.8, 4) is 5.75 Å². The van der Waals surface area contributed by atoms with E-state index in [-0.39, 0.29) is 16.2 Å². The van der Waals surface area contributed by atoms with Crippen LogP contribution in [0.25, 0.3) is 0 Å². The number of nitrogens with zero attached hydrogens (tertiary/aromatic N) is 1. The summed E-state index contributed by atoms with van der Waals surface area (Å²) in [6.45, 7) is 4.57. The molecule has 2 unspecified atom stereocenters. The number of phenols is 1. The van der Waals surface area contributed by atoms with Gasteiger partial charge in [-0.15, -0.1) is 0 Å². The van der Waals surface area contributed by atoms with Crippen molar-refractivity contribution in [1.29, 1.82) is 0 Å². The van der Waals surface area contributed by atoms with Gasteiger partial charge in [0.05, 0.1) is 10.5 Å². The Labute approximate surface area is 181 Å². The van der Waals surface area contributed by atoms with Crippen molar-refractivity contribution in [1.82, 2.24) is 4.31 Å². The molecule has 1 saturated heterocycles. The molecular formula is C22H26N2O6S. The summed E-state index contributed by atoms with van der Waals surface area (Å²) in [4.78, 5) is 24.1. The highest BCUT2D eigenvalue weighted by Gasteiger charge is 2.31. The van der Waals surface area contributed by atoms with Gasteiger partial charge >= 0.3 is 5.97 Å². The van der Waals surface area contributed by atoms with Gasteiger partial charge < -0.3 is 15.2 Å². The van der Waals surface area contributed by atoms with Crippen LogP contribution in [-0.2, 0) is 19.6 Å². The van der Waals surface area contributed by atoms with Gasteiger partial charge in [-0.2, -0.15) is 4.31 Å². The molecule has 0 radical (unpaired) electrons. The molecule has 0 saturated carbocycles. The summed E-state index contributed by atoms with van der Waals surface area (Å²) in [7, 11) is -3.60. The van der Waals surface area contributed by atoms with Crippen LogP contribution in [0.4, 0.5) is 5.69 Å². The predicted molar refractivity (Wildman–Crippen MR) is 115 cm³/mol. The van der Waals surface area contributed by atoms with E-state index in [2.05, 4.69) is 5.32 Å². The van der Waals surface area contributed by atoms with Crippen LogP contribution in [0.3, 0.4) is 0 Å². The van der Waals surface area contributed by atoms with Crippen LogP contribution in [0.1, 0.15) is 30.6 Å². The average Bonchev–Trinajstić information content (AvgIpc) is 2.71. The number of piperidine rings is 1. The second-order valence-electron chi connectivity index (χ2n) is 7.97. The molecule has 2 N–H and O–H groups in total. The van der Waals surface area contributed by atoms with Gasteiger partial charge in [0.25, 0.3) is 5.91 Å². The molecule has 1 heterocycles. The normalized spacial score (nSPS) is 19.5. The van der Waals surface area contributed by atoms with E-state index in [9.17, 15) is 23.1 Å². The highest BCUT2D eigenvalue weighted by Crippen LogP contribution is 2.27. The molecule has 2 aromatic carbocycles. The number of sulfonamides is 1. The topological polar surface area (TPSA) is 113 Å². The lowest BCUT2D eigenvalue weighted by Crippen LogP contribution is -2.42. The number of hydrogen-bond donors (Lipinski definition) is 2. The smallest absolute Gasteiger partial charge is 0.338 e. The van der Waals surface area contributed by atoms with Crippen LogP contribution in [-0.4, -0.2) is 49.4 Å². The van der Waals surface area contributed by atoms with Gasteiger partial charge in [0, 0.05) is 18.8 Å². The number of aromatic hydroxyl groups is 1. The molecule has 1 fully saturated rings. The maximum Gasteiger partial charge on any atom is 0.338 e. The Hall–Kier alpha value is -2.91. The first-order valence-corrected chi connectivity index (χ1v) is 11.5. The number of hydrogen-bond acceptors (Lipinski definition) is 6. The van der Waals surface area contributed by atoms with E-state index in [4.69, 9.17) is 4.74 Å². The van der Waals surface area contributed by atoms with E-state index in [1.54, 1.807) is 0 Å². The third-order valence-electron chi connectivity index (χ3n) is 5.03. The number of benzene rings is 2. The Kier molecular flexibility index (Phi) is 6.97. The Morgan fingerprint density at radius 2 is 1.74 bits per heavy atom. The van der Waals surface area contributed by atoms with Crippen molar-refractivity contribution in [3.63, 3.8) is 0 Å². The molecule has 1 amide bonds. The van der Waals surface area contributed by atoms with Gasteiger partial charge in [-0.1, -0.05) is 19.9 Å². The lowest BCUT2D eigenvalue weighted by molar-refractivity contribution is -0.119. The molecular weight excluding hydrogens is 420 g/mol. The van der Waals surface area contributed by atoms with Crippen molar-refractivity contribution < 1.29 is 27.9 Å². The molecule has 2 aromatic rings. The second-order valence-corrected chi connectivity index (χ2v) is 9.91. The van der Waals surface area contributed by atoms with E-state index in [1.807, 2.05) is 13.8 Å². The molecule has 2 atom stereocenters. The maximum absolute atomic E-state index is 12.9. The molecule has 9 heteroatoms. The fourth-order valence-electron chi connectivity index (χ4n) is 3.71. The summed E-state index contributed by atoms with van der Waals surface area (Å²) in [5.74, 6) is -0.776. The summed E-state index contributed by atoms with van der Waals surface area (Å²) < 4.78 is 32.3. The van der Waals surface area contributed by atoms with Crippen LogP contribution in [0, 0.1) is 11.8 Å². The van der Waals surface area contributed by atoms with Crippen molar-refractivity contribution in [3.05, 3.63) is 54.1 Å². The van der Waals surface area contributed by atoms with Crippen molar-refractivity contribution >= 4 is 27.6 Å². The lowest BCUT2D eigenvalue weighted by atomic mass is 9.94. The molecule has 0 bridgehead atoms. The largest absolute Gasteiger partial charge is 0.508 e. The van der Waals surface area contributed by atoms with Gasteiger partial charge in [-0.25, -0.2) is 13.2 Å². The van der Waals surface area contributed by atoms with Gasteiger partial charge in [0.1, 0.15) is 5.75 Å². The van der Waals surface area contributed by atoms with Gasteiger partial charge in [-0.05, 0) is 60.7 Å². The molecule has 31 heavy (non-hydrogen) atoms. The third-order valence-corrected chi connectivity index (χ3v) is 6.87. The number of amides is 1. The molecule has 166 valence electrons. The van der Waals surface area contributed by atoms with E-state index >= 15 is 0 Å². The highest BCUT2D eigenvalue weighted by molar-refractivity contribution is 7.89. The SMILES string of the molecule is CC1CC(C)CN(S(=O)(=O)c2ccc(NC(=O)COC(=O)c3cccc(O)c3)cc2)C1. The van der Waals surface area contributed by atoms with E-state index in [0.717, 1.165) is 6.42 Å². The predicted octanol–water partition coefficient (Wildman–Crippen LogP) is 2.85. The monoisotopic (exact) mass is 446 g/mol. The fraction of sp³-hybridized carbons (Fsp3) is 0.364. The minimum Gasteiger partial charge on any atom is -0.508 e. The maximum atomic E-state index is 12.9. The van der Waals surface area contributed by atoms with Crippen molar-refractivity contribution in [2.24, 2.45) is 11.8 Å². The van der Waals surface area contributed by atoms with Crippen LogP contribution in [0.15, 0.2) is 53.4 Å². The Morgan fingerprint density at radius 1 is 1.10 bits per heavy atom. The second kappa shape index (κ2) is 9.49. The fourth-order valence-corrected chi connectivity index (χ4v) is 5.39. The average molecular weight is 447 g/mol. The molecule has 1 aliphatic rings. The summed E-state index contributed by atoms with van der Waals surface area (Å²) >= 11 is 0. The molecule has 0 spiro atoms. The molecule has 3 rings (SSSR count). The van der Waals surface area contributed by atoms with E-state index in [1.165, 1.54) is 52.8 Å². The summed E-state index contributed by atoms with van der Waals surface area (Å²) in [5, 5.41) is 11.9. The van der Waals surface area contributed by atoms with Crippen LogP contribution in [0.5, 0.6) is 5.75 Å². The van der Waals surface area contributed by atoms with Crippen molar-refractivity contribution in [2.45, 2.75) is 25.2 Å². The van der Waals surface area contributed by atoms with E-state index in [0.29, 0.717) is 30.6 Å². The number of nitrogens with one attached hydrogen (secondary N) is 1. The Bertz CT molecular complexity index is 1040. The van der Waals surface area contributed by atoms with Gasteiger partial charge in [-0.3, -0.25) is 4.79 Å². The molecule has 1 aliphatic heterocycles. The van der Waals surface area contributed by atoms with Crippen LogP contribution >= 0.6 is 0 Å². The van der Waals surface area contributed by atoms with Crippen LogP contribution in [0.2, 0.25) is 0 Å². The summed E-state index contributed by atoms with van der Waals surface area (Å²) in [6.07, 6.45) is 1.01. The number of carbonyl (C=O) groups is 2. The standard InChI is InChI=1S/C22H26N2O6S/c1-15-10-16(2)13-24(12-15)31(28,29)20-8-6-18(7-9-20)23-21(26)14-30-22(27)17-4-3-5-19(25)11-17/h3-9,11,15-16,25H,10,12-14H2,1-2H3,(H,23,26). The van der Waals surface area contributed by atoms with Crippen molar-refractivity contribution in [2.75, 3.05) is 25.0 Å². The first-order valence-electron chi connectivity index (χ1n) is 10.0. The number of ether oxygens (including phenoxy) is 1. The van der Waals surface area contributed by atoms with E-state index < -0.39 is 28.5 Å². The number of esters is 1. The molecule has 8 nitrogen and oxygen atoms in total. The lowest BCUT2D eigenvalue weighted by Gasteiger charge is -2.34. The minimum atomic E-state index is -3.60. The number of rotatable bonds is 6. The molecule has 0 aliphatic carbocycles. The number of phenolic OH excluding ortho intramolecular Hbond substituents is 1. The zero-order valence-electron chi connectivity index (χ0n) is 17.4. The zero-order valence-corrected chi connectivity index (χ0v) is 18.3. The summed E-state index contributed by atoms with van der Waals surface area (Å²) in [6, 6.07) is 11.5. The minimum absolute atomic E-state index is 0.0811. The summed E-state index contributed by atoms with van der Waals surface area (Å²) in [5.41, 5.74) is 0.515. The number of anilines is 1. The van der Waals surface area contributed by atoms with Crippen LogP contribution < -0.4 is 5.32 Å². The number of carbonyl (C=O) groups excluding carboxylic acids is 2. The highest BCUT2D eigenvalue weighted by atomic mass is 32.2. The third kappa shape index (κ3) is 5.83. The quantitative estimate of drug-likeness (QED) is 0.660. The Morgan fingerprint density at radius 3 is 2.35 bits per heavy atom. The van der Waals surface area contributed by atoms with Gasteiger partial charge in [0.2, 0.25) is 10.0 Å². The van der Waals surface area contributed by atoms with Gasteiger partial charge in [0.15, 0.2) is 6.61 Å². The zero-order chi connectivity index (χ0) is 22.6. The Balaban J connectivity index is 1.57. The first kappa shape index (κ1) is 22.8.